The van der Waals surface area contributed by atoms with Crippen LogP contribution in [0.4, 0.5) is 0 Å². The second kappa shape index (κ2) is 12.4. The van der Waals surface area contributed by atoms with E-state index in [0.717, 1.165) is 44.1 Å². The van der Waals surface area contributed by atoms with E-state index in [4.69, 9.17) is 9.47 Å². The van der Waals surface area contributed by atoms with Crippen LogP contribution in [0.2, 0.25) is 0 Å². The maximum Gasteiger partial charge on any atom is 0.213 e. The molecule has 1 saturated heterocycles. The molecular formula is C20H35IN4O2. The molecule has 2 rings (SSSR count). The molecule has 1 aliphatic heterocycles. The Kier molecular flexibility index (Phi) is 11.0. The van der Waals surface area contributed by atoms with Crippen LogP contribution >= 0.6 is 24.0 Å². The number of aromatic nitrogens is 1. The zero-order chi connectivity index (χ0) is 18.9. The van der Waals surface area contributed by atoms with E-state index >= 15 is 0 Å². The van der Waals surface area contributed by atoms with Crippen LogP contribution < -0.4 is 10.1 Å². The number of hydrogen-bond donors (Lipinski definition) is 1. The molecule has 2 unspecified atom stereocenters. The zero-order valence-electron chi connectivity index (χ0n) is 17.3. The summed E-state index contributed by atoms with van der Waals surface area (Å²) < 4.78 is 11.2. The number of ether oxygens (including phenoxy) is 2. The van der Waals surface area contributed by atoms with E-state index < -0.39 is 0 Å². The minimum atomic E-state index is 0. The molecule has 0 aliphatic carbocycles. The van der Waals surface area contributed by atoms with Crippen molar-refractivity contribution < 1.29 is 9.47 Å². The average Bonchev–Trinajstić information content (AvgIpc) is 3.04. The van der Waals surface area contributed by atoms with Gasteiger partial charge in [0.2, 0.25) is 5.88 Å². The number of methoxy groups -OCH3 is 1. The van der Waals surface area contributed by atoms with E-state index in [1.807, 2.05) is 25.4 Å². The molecule has 0 spiro atoms. The number of nitrogens with one attached hydrogen (secondary N) is 1. The average molecular weight is 490 g/mol. The Labute approximate surface area is 181 Å². The Bertz CT molecular complexity index is 583. The minimum absolute atomic E-state index is 0. The Morgan fingerprint density at radius 1 is 1.41 bits per heavy atom. The van der Waals surface area contributed by atoms with E-state index in [-0.39, 0.29) is 30.1 Å². The Hall–Kier alpha value is -1.09. The molecule has 7 heteroatoms. The van der Waals surface area contributed by atoms with Gasteiger partial charge >= 0.3 is 0 Å². The molecule has 2 heterocycles. The van der Waals surface area contributed by atoms with E-state index in [0.29, 0.717) is 24.3 Å². The van der Waals surface area contributed by atoms with Crippen LogP contribution in [0.25, 0.3) is 0 Å². The van der Waals surface area contributed by atoms with Gasteiger partial charge in [0.15, 0.2) is 5.96 Å². The highest BCUT2D eigenvalue weighted by molar-refractivity contribution is 14.0. The summed E-state index contributed by atoms with van der Waals surface area (Å²) in [7, 11) is 3.60. The summed E-state index contributed by atoms with van der Waals surface area (Å²) in [4.78, 5) is 11.1. The number of aliphatic imine (C=N–C) groups is 1. The van der Waals surface area contributed by atoms with Gasteiger partial charge in [0.1, 0.15) is 0 Å². The van der Waals surface area contributed by atoms with Crippen molar-refractivity contribution in [1.29, 1.82) is 0 Å². The number of guanidine groups is 1. The Morgan fingerprint density at radius 2 is 2.19 bits per heavy atom. The first-order valence-electron chi connectivity index (χ1n) is 9.58. The predicted molar refractivity (Wildman–Crippen MR) is 121 cm³/mol. The van der Waals surface area contributed by atoms with Crippen molar-refractivity contribution >= 4 is 29.9 Å². The first-order chi connectivity index (χ1) is 12.5. The molecule has 1 aliphatic rings. The van der Waals surface area contributed by atoms with E-state index in [1.54, 1.807) is 7.11 Å². The quantitative estimate of drug-likeness (QED) is 0.343. The molecule has 1 aromatic rings. The Morgan fingerprint density at radius 3 is 2.85 bits per heavy atom. The van der Waals surface area contributed by atoms with Gasteiger partial charge in [0.25, 0.3) is 0 Å². The number of pyridine rings is 1. The lowest BCUT2D eigenvalue weighted by Crippen LogP contribution is -2.39. The maximum atomic E-state index is 5.95. The third-order valence-corrected chi connectivity index (χ3v) is 4.57. The molecule has 0 saturated carbocycles. The van der Waals surface area contributed by atoms with Crippen LogP contribution in [0.3, 0.4) is 0 Å². The molecule has 1 N–H and O–H groups in total. The van der Waals surface area contributed by atoms with Gasteiger partial charge in [-0.3, -0.25) is 4.99 Å². The van der Waals surface area contributed by atoms with Gasteiger partial charge in [-0.15, -0.1) is 24.0 Å². The largest absolute Gasteiger partial charge is 0.475 e. The smallest absolute Gasteiger partial charge is 0.213 e. The minimum Gasteiger partial charge on any atom is -0.475 e. The molecule has 154 valence electrons. The van der Waals surface area contributed by atoms with Gasteiger partial charge in [0, 0.05) is 52.0 Å². The maximum absolute atomic E-state index is 5.95. The van der Waals surface area contributed by atoms with Gasteiger partial charge in [-0.05, 0) is 37.3 Å². The van der Waals surface area contributed by atoms with E-state index in [1.165, 1.54) is 0 Å². The molecule has 2 atom stereocenters. The predicted octanol–water partition coefficient (Wildman–Crippen LogP) is 3.56. The lowest BCUT2D eigenvalue weighted by Gasteiger charge is -2.22. The fourth-order valence-corrected chi connectivity index (χ4v) is 3.45. The zero-order valence-corrected chi connectivity index (χ0v) is 19.6. The van der Waals surface area contributed by atoms with Gasteiger partial charge in [0.05, 0.1) is 12.7 Å². The molecule has 1 aromatic heterocycles. The topological polar surface area (TPSA) is 59.0 Å². The van der Waals surface area contributed by atoms with Crippen molar-refractivity contribution in [3.05, 3.63) is 23.9 Å². The van der Waals surface area contributed by atoms with Crippen LogP contribution in [-0.4, -0.2) is 55.8 Å². The third-order valence-electron chi connectivity index (χ3n) is 4.57. The molecule has 0 amide bonds. The molecule has 0 aromatic carbocycles. The third kappa shape index (κ3) is 8.21. The van der Waals surface area contributed by atoms with Crippen LogP contribution in [0, 0.1) is 11.8 Å². The lowest BCUT2D eigenvalue weighted by molar-refractivity contribution is 0.157. The van der Waals surface area contributed by atoms with Crippen molar-refractivity contribution in [2.24, 2.45) is 16.8 Å². The standard InChI is InChI=1S/C20H34N4O2.HI/c1-15(2)10-16(3)26-19-11-17(6-8-22-19)12-23-20(21-4)24-9-7-18(13-24)14-25-5;/h6,8,11,15-16,18H,7,9-10,12-14H2,1-5H3,(H,21,23);1H. The fourth-order valence-electron chi connectivity index (χ4n) is 3.45. The van der Waals surface area contributed by atoms with Crippen LogP contribution in [0.15, 0.2) is 23.3 Å². The second-order valence-corrected chi connectivity index (χ2v) is 7.52. The van der Waals surface area contributed by atoms with Gasteiger partial charge in [-0.25, -0.2) is 4.98 Å². The van der Waals surface area contributed by atoms with Crippen LogP contribution in [-0.2, 0) is 11.3 Å². The van der Waals surface area contributed by atoms with Crippen LogP contribution in [0.1, 0.15) is 39.2 Å². The normalized spacial score (nSPS) is 18.4. The van der Waals surface area contributed by atoms with E-state index in [9.17, 15) is 0 Å². The van der Waals surface area contributed by atoms with Gasteiger partial charge in [-0.1, -0.05) is 13.8 Å². The number of hydrogen-bond acceptors (Lipinski definition) is 4. The molecule has 1 fully saturated rings. The van der Waals surface area contributed by atoms with Crippen molar-refractivity contribution in [2.75, 3.05) is 33.9 Å². The van der Waals surface area contributed by atoms with Crippen molar-refractivity contribution in [1.82, 2.24) is 15.2 Å². The molecule has 0 radical (unpaired) electrons. The molecule has 27 heavy (non-hydrogen) atoms. The number of halogens is 1. The first kappa shape index (κ1) is 23.9. The Balaban J connectivity index is 0.00000364. The summed E-state index contributed by atoms with van der Waals surface area (Å²) in [6.45, 7) is 10.0. The van der Waals surface area contributed by atoms with Gasteiger partial charge in [-0.2, -0.15) is 0 Å². The first-order valence-corrected chi connectivity index (χ1v) is 9.58. The van der Waals surface area contributed by atoms with Crippen LogP contribution in [0.5, 0.6) is 5.88 Å². The summed E-state index contributed by atoms with van der Waals surface area (Å²) in [6.07, 6.45) is 4.15. The number of nitrogens with zero attached hydrogens (tertiary/aromatic N) is 3. The highest BCUT2D eigenvalue weighted by Crippen LogP contribution is 2.17. The lowest BCUT2D eigenvalue weighted by atomic mass is 10.1. The highest BCUT2D eigenvalue weighted by atomic mass is 127. The summed E-state index contributed by atoms with van der Waals surface area (Å²) >= 11 is 0. The van der Waals surface area contributed by atoms with Crippen molar-refractivity contribution in [3.63, 3.8) is 0 Å². The summed E-state index contributed by atoms with van der Waals surface area (Å²) in [5.41, 5.74) is 1.14. The summed E-state index contributed by atoms with van der Waals surface area (Å²) in [5.74, 6) is 2.83. The highest BCUT2D eigenvalue weighted by Gasteiger charge is 2.24. The number of rotatable bonds is 8. The van der Waals surface area contributed by atoms with Crippen molar-refractivity contribution in [2.45, 2.75) is 46.3 Å². The van der Waals surface area contributed by atoms with E-state index in [2.05, 4.69) is 41.0 Å². The molecular weight excluding hydrogens is 455 g/mol. The molecule has 0 bridgehead atoms. The fraction of sp³-hybridized carbons (Fsp3) is 0.700. The summed E-state index contributed by atoms with van der Waals surface area (Å²) in [6, 6.07) is 4.02. The van der Waals surface area contributed by atoms with Gasteiger partial charge < -0.3 is 19.7 Å². The van der Waals surface area contributed by atoms with Crippen molar-refractivity contribution in [3.8, 4) is 5.88 Å². The monoisotopic (exact) mass is 490 g/mol. The SMILES string of the molecule is CN=C(NCc1ccnc(OC(C)CC(C)C)c1)N1CCC(COC)C1.I. The summed E-state index contributed by atoms with van der Waals surface area (Å²) in [5, 5.41) is 3.45. The molecule has 6 nitrogen and oxygen atoms in total. The number of likely N-dealkylation sites (tertiary alicyclic amines) is 1. The second-order valence-electron chi connectivity index (χ2n) is 7.52.